The Kier molecular flexibility index (Phi) is 9.85. The van der Waals surface area contributed by atoms with E-state index in [4.69, 9.17) is 0 Å². The number of benzene rings is 1. The van der Waals surface area contributed by atoms with Crippen LogP contribution in [0, 0.1) is 0 Å². The molecule has 4 rings (SSSR count). The molecular weight excluding hydrogens is 421 g/mol. The molecule has 2 aliphatic rings. The predicted molar refractivity (Wildman–Crippen MR) is 126 cm³/mol. The summed E-state index contributed by atoms with van der Waals surface area (Å²) in [6, 6.07) is 14.7. The summed E-state index contributed by atoms with van der Waals surface area (Å²) >= 11 is 0. The maximum atomic E-state index is 13.1. The van der Waals surface area contributed by atoms with Crippen molar-refractivity contribution in [2.75, 3.05) is 50.7 Å². The second-order valence-corrected chi connectivity index (χ2v) is 7.62. The van der Waals surface area contributed by atoms with Gasteiger partial charge >= 0.3 is 0 Å². The van der Waals surface area contributed by atoms with Crippen LogP contribution in [-0.2, 0) is 11.3 Å². The summed E-state index contributed by atoms with van der Waals surface area (Å²) in [5.74, 6) is 0.213. The van der Waals surface area contributed by atoms with Crippen LogP contribution in [0.5, 0.6) is 0 Å². The molecule has 1 amide bonds. The second-order valence-electron chi connectivity index (χ2n) is 7.62. The Morgan fingerprint density at radius 3 is 2.53 bits per heavy atom. The molecule has 30 heavy (non-hydrogen) atoms. The van der Waals surface area contributed by atoms with Gasteiger partial charge in [0.25, 0.3) is 0 Å². The molecule has 1 N–H and O–H groups in total. The third kappa shape index (κ3) is 6.32. The average molecular weight is 452 g/mol. The Bertz CT molecular complexity index is 759. The van der Waals surface area contributed by atoms with E-state index in [2.05, 4.69) is 38.3 Å². The summed E-state index contributed by atoms with van der Waals surface area (Å²) in [5, 5.41) is 3.41. The van der Waals surface area contributed by atoms with Crippen molar-refractivity contribution in [3.63, 3.8) is 0 Å². The van der Waals surface area contributed by atoms with E-state index >= 15 is 0 Å². The summed E-state index contributed by atoms with van der Waals surface area (Å²) in [5.41, 5.74) is 2.18. The largest absolute Gasteiger partial charge is 0.358 e. The van der Waals surface area contributed by atoms with Crippen molar-refractivity contribution in [2.45, 2.75) is 19.0 Å². The zero-order valence-electron chi connectivity index (χ0n) is 17.2. The number of hydrogen-bond acceptors (Lipinski definition) is 5. The molecule has 0 radical (unpaired) electrons. The van der Waals surface area contributed by atoms with Crippen LogP contribution in [0.1, 0.15) is 12.0 Å². The maximum Gasteiger partial charge on any atom is 0.242 e. The average Bonchev–Trinajstić information content (AvgIpc) is 3.26. The van der Waals surface area contributed by atoms with Crippen molar-refractivity contribution in [3.8, 4) is 0 Å². The number of aromatic nitrogens is 1. The molecule has 8 heteroatoms. The number of piperazine rings is 1. The minimum atomic E-state index is 0. The lowest BCUT2D eigenvalue weighted by Gasteiger charge is -2.33. The molecule has 1 atom stereocenters. The summed E-state index contributed by atoms with van der Waals surface area (Å²) in [6.07, 6.45) is 4.73. The van der Waals surface area contributed by atoms with Crippen molar-refractivity contribution in [1.29, 1.82) is 0 Å². The third-order valence-corrected chi connectivity index (χ3v) is 5.73. The van der Waals surface area contributed by atoms with Gasteiger partial charge in [-0.3, -0.25) is 14.7 Å². The number of carbonyl (C=O) groups excluding carboxylic acids is 1. The smallest absolute Gasteiger partial charge is 0.242 e. The van der Waals surface area contributed by atoms with Crippen LogP contribution in [-0.4, -0.2) is 72.5 Å². The summed E-state index contributed by atoms with van der Waals surface area (Å²) in [7, 11) is 0. The van der Waals surface area contributed by atoms with Gasteiger partial charge in [-0.2, -0.15) is 0 Å². The Labute approximate surface area is 191 Å². The summed E-state index contributed by atoms with van der Waals surface area (Å²) < 4.78 is 0. The van der Waals surface area contributed by atoms with E-state index in [0.29, 0.717) is 19.1 Å². The lowest BCUT2D eigenvalue weighted by atomic mass is 10.2. The highest BCUT2D eigenvalue weighted by atomic mass is 35.5. The molecule has 2 aliphatic heterocycles. The molecule has 1 unspecified atom stereocenters. The van der Waals surface area contributed by atoms with E-state index in [0.717, 1.165) is 56.9 Å². The summed E-state index contributed by atoms with van der Waals surface area (Å²) in [4.78, 5) is 24.0. The molecule has 0 spiro atoms. The topological polar surface area (TPSA) is 51.7 Å². The number of halogens is 2. The fourth-order valence-corrected chi connectivity index (χ4v) is 4.17. The number of nitrogens with one attached hydrogen (secondary N) is 1. The Balaban J connectivity index is 0.00000160. The maximum absolute atomic E-state index is 13.1. The molecule has 2 aromatic rings. The van der Waals surface area contributed by atoms with Crippen molar-refractivity contribution in [1.82, 2.24) is 20.1 Å². The first kappa shape index (κ1) is 24.4. The molecule has 2 saturated heterocycles. The van der Waals surface area contributed by atoms with Gasteiger partial charge in [0, 0.05) is 69.9 Å². The van der Waals surface area contributed by atoms with Gasteiger partial charge in [-0.15, -0.1) is 24.8 Å². The number of likely N-dealkylation sites (tertiary alicyclic amines) is 1. The second kappa shape index (κ2) is 12.1. The van der Waals surface area contributed by atoms with E-state index in [1.165, 1.54) is 0 Å². The lowest BCUT2D eigenvalue weighted by Crippen LogP contribution is -2.49. The van der Waals surface area contributed by atoms with Gasteiger partial charge in [-0.05, 0) is 30.2 Å². The van der Waals surface area contributed by atoms with Gasteiger partial charge in [-0.1, -0.05) is 24.3 Å². The zero-order valence-corrected chi connectivity index (χ0v) is 18.8. The van der Waals surface area contributed by atoms with Crippen LogP contribution < -0.4 is 10.2 Å². The van der Waals surface area contributed by atoms with Crippen molar-refractivity contribution in [2.24, 2.45) is 0 Å². The van der Waals surface area contributed by atoms with Gasteiger partial charge in [-0.25, -0.2) is 0 Å². The van der Waals surface area contributed by atoms with Gasteiger partial charge in [0.05, 0.1) is 6.54 Å². The number of nitrogens with zero attached hydrogens (tertiary/aromatic N) is 4. The first-order valence-corrected chi connectivity index (χ1v) is 10.2. The quantitative estimate of drug-likeness (QED) is 0.730. The highest BCUT2D eigenvalue weighted by Gasteiger charge is 2.31. The minimum Gasteiger partial charge on any atom is -0.358 e. The van der Waals surface area contributed by atoms with Crippen molar-refractivity contribution in [3.05, 3.63) is 60.4 Å². The zero-order chi connectivity index (χ0) is 19.2. The van der Waals surface area contributed by atoms with E-state index < -0.39 is 0 Å². The minimum absolute atomic E-state index is 0. The number of amides is 1. The van der Waals surface area contributed by atoms with Gasteiger partial charge in [0.1, 0.15) is 0 Å². The van der Waals surface area contributed by atoms with Crippen LogP contribution in [0.25, 0.3) is 0 Å². The standard InChI is InChI=1S/C22H29N5O.2ClH/c28-22(26-12-8-21(17-26)25-13-10-23-11-14-25)18-27(20-6-2-1-3-7-20)16-19-5-4-9-24-15-19;;/h1-7,9,15,21,23H,8,10-14,16-18H2;2*1H. The number of rotatable bonds is 6. The highest BCUT2D eigenvalue weighted by Crippen LogP contribution is 2.20. The highest BCUT2D eigenvalue weighted by molar-refractivity contribution is 5.85. The van der Waals surface area contributed by atoms with Crippen LogP contribution in [0.15, 0.2) is 54.9 Å². The molecule has 3 heterocycles. The molecule has 1 aromatic carbocycles. The molecule has 1 aromatic heterocycles. The first-order chi connectivity index (χ1) is 13.8. The Hall–Kier alpha value is -1.86. The van der Waals surface area contributed by atoms with Gasteiger partial charge < -0.3 is 15.1 Å². The first-order valence-electron chi connectivity index (χ1n) is 10.2. The van der Waals surface area contributed by atoms with E-state index in [-0.39, 0.29) is 30.7 Å². The van der Waals surface area contributed by atoms with Crippen LogP contribution in [0.4, 0.5) is 5.69 Å². The number of carbonyl (C=O) groups is 1. The van der Waals surface area contributed by atoms with Crippen LogP contribution >= 0.6 is 24.8 Å². The number of para-hydroxylation sites is 1. The molecule has 164 valence electrons. The van der Waals surface area contributed by atoms with Gasteiger partial charge in [0.15, 0.2) is 0 Å². The lowest BCUT2D eigenvalue weighted by molar-refractivity contribution is -0.128. The fourth-order valence-electron chi connectivity index (χ4n) is 4.17. The normalized spacial score (nSPS) is 18.9. The van der Waals surface area contributed by atoms with E-state index in [1.54, 1.807) is 6.20 Å². The molecule has 6 nitrogen and oxygen atoms in total. The van der Waals surface area contributed by atoms with Crippen molar-refractivity contribution >= 4 is 36.4 Å². The molecule has 2 fully saturated rings. The monoisotopic (exact) mass is 451 g/mol. The number of pyridine rings is 1. The number of hydrogen-bond donors (Lipinski definition) is 1. The SMILES string of the molecule is Cl.Cl.O=C(CN(Cc1cccnc1)c1ccccc1)N1CCC(N2CCNCC2)C1. The Morgan fingerprint density at radius 2 is 1.83 bits per heavy atom. The molecule has 0 saturated carbocycles. The van der Waals surface area contributed by atoms with E-state index in [9.17, 15) is 4.79 Å². The molecule has 0 bridgehead atoms. The van der Waals surface area contributed by atoms with Crippen LogP contribution in [0.3, 0.4) is 0 Å². The van der Waals surface area contributed by atoms with Crippen molar-refractivity contribution < 1.29 is 4.79 Å². The number of anilines is 1. The summed E-state index contributed by atoms with van der Waals surface area (Å²) in [6.45, 7) is 7.07. The van der Waals surface area contributed by atoms with E-state index in [1.807, 2.05) is 35.4 Å². The molecule has 0 aliphatic carbocycles. The van der Waals surface area contributed by atoms with Gasteiger partial charge in [0.2, 0.25) is 5.91 Å². The Morgan fingerprint density at radius 1 is 1.07 bits per heavy atom. The molecular formula is C22H31Cl2N5O. The fraction of sp³-hybridized carbons (Fsp3) is 0.455. The van der Waals surface area contributed by atoms with Crippen LogP contribution in [0.2, 0.25) is 0 Å². The third-order valence-electron chi connectivity index (χ3n) is 5.73. The predicted octanol–water partition coefficient (Wildman–Crippen LogP) is 2.44.